The van der Waals surface area contributed by atoms with Crippen molar-refractivity contribution in [3.8, 4) is 5.69 Å². The summed E-state index contributed by atoms with van der Waals surface area (Å²) in [5, 5.41) is 12.0. The van der Waals surface area contributed by atoms with E-state index in [1.165, 1.54) is 5.56 Å². The van der Waals surface area contributed by atoms with Crippen molar-refractivity contribution in [3.63, 3.8) is 0 Å². The average molecular weight is 321 g/mol. The number of benzene rings is 1. The molecule has 5 heteroatoms. The maximum Gasteiger partial charge on any atom is 0.122 e. The highest BCUT2D eigenvalue weighted by molar-refractivity contribution is 9.10. The normalized spacial score (nSPS) is 10.7. The maximum absolute atomic E-state index is 7.45. The molecule has 2 rings (SSSR count). The van der Waals surface area contributed by atoms with Crippen molar-refractivity contribution in [1.29, 1.82) is 5.41 Å². The fourth-order valence-corrected chi connectivity index (χ4v) is 2.81. The van der Waals surface area contributed by atoms with Crippen molar-refractivity contribution in [2.24, 2.45) is 5.73 Å². The van der Waals surface area contributed by atoms with Gasteiger partial charge in [-0.25, -0.2) is 4.68 Å². The molecule has 0 saturated heterocycles. The monoisotopic (exact) mass is 320 g/mol. The molecule has 0 amide bonds. The molecule has 0 aliphatic heterocycles. The van der Waals surface area contributed by atoms with Gasteiger partial charge in [0.1, 0.15) is 5.84 Å². The van der Waals surface area contributed by atoms with Crippen LogP contribution in [0.4, 0.5) is 0 Å². The van der Waals surface area contributed by atoms with Crippen LogP contribution in [0.5, 0.6) is 0 Å². The SMILES string of the molecule is CCc1c(C)nn(-c2ccc(C(=N)N)cc2Br)c1C. The number of nitrogens with zero attached hydrogens (tertiary/aromatic N) is 2. The van der Waals surface area contributed by atoms with Gasteiger partial charge in [-0.05, 0) is 60.0 Å². The molecule has 0 saturated carbocycles. The van der Waals surface area contributed by atoms with Crippen molar-refractivity contribution in [1.82, 2.24) is 9.78 Å². The van der Waals surface area contributed by atoms with E-state index < -0.39 is 0 Å². The van der Waals surface area contributed by atoms with E-state index in [1.54, 1.807) is 0 Å². The van der Waals surface area contributed by atoms with Crippen LogP contribution in [0, 0.1) is 19.3 Å². The van der Waals surface area contributed by atoms with Crippen LogP contribution in [-0.2, 0) is 6.42 Å². The Kier molecular flexibility index (Phi) is 3.75. The van der Waals surface area contributed by atoms with E-state index in [9.17, 15) is 0 Å². The predicted octanol–water partition coefficient (Wildman–Crippen LogP) is 3.10. The molecular formula is C14H17BrN4. The molecule has 2 aromatic rings. The Morgan fingerprint density at radius 3 is 2.58 bits per heavy atom. The summed E-state index contributed by atoms with van der Waals surface area (Å²) < 4.78 is 2.82. The quantitative estimate of drug-likeness (QED) is 0.674. The third-order valence-electron chi connectivity index (χ3n) is 3.28. The average Bonchev–Trinajstić information content (AvgIpc) is 2.64. The highest BCUT2D eigenvalue weighted by atomic mass is 79.9. The van der Waals surface area contributed by atoms with Crippen LogP contribution in [0.2, 0.25) is 0 Å². The number of rotatable bonds is 3. The standard InChI is InChI=1S/C14H17BrN4/c1-4-11-8(2)18-19(9(11)3)13-6-5-10(14(16)17)7-12(13)15/h5-7H,4H2,1-3H3,(H3,16,17). The number of halogens is 1. The van der Waals surface area contributed by atoms with Crippen molar-refractivity contribution in [2.75, 3.05) is 0 Å². The number of hydrogen-bond acceptors (Lipinski definition) is 2. The molecule has 1 aromatic heterocycles. The summed E-state index contributed by atoms with van der Waals surface area (Å²) in [5.74, 6) is 0.0647. The first kappa shape index (κ1) is 13.8. The van der Waals surface area contributed by atoms with Gasteiger partial charge in [0.05, 0.1) is 11.4 Å². The minimum Gasteiger partial charge on any atom is -0.384 e. The van der Waals surface area contributed by atoms with Gasteiger partial charge in [-0.15, -0.1) is 0 Å². The first-order valence-corrected chi connectivity index (χ1v) is 6.94. The van der Waals surface area contributed by atoms with Crippen LogP contribution in [0.3, 0.4) is 0 Å². The van der Waals surface area contributed by atoms with Gasteiger partial charge in [0, 0.05) is 15.7 Å². The summed E-state index contributed by atoms with van der Waals surface area (Å²) in [6.45, 7) is 6.24. The number of aryl methyl sites for hydroxylation is 1. The Morgan fingerprint density at radius 2 is 2.11 bits per heavy atom. The fraction of sp³-hybridized carbons (Fsp3) is 0.286. The molecule has 0 spiro atoms. The molecule has 1 heterocycles. The van der Waals surface area contributed by atoms with Gasteiger partial charge in [-0.3, -0.25) is 5.41 Å². The smallest absolute Gasteiger partial charge is 0.122 e. The second-order valence-electron chi connectivity index (χ2n) is 4.49. The molecule has 3 N–H and O–H groups in total. The molecule has 0 bridgehead atoms. The van der Waals surface area contributed by atoms with Crippen LogP contribution in [0.25, 0.3) is 5.69 Å². The van der Waals surface area contributed by atoms with E-state index in [1.807, 2.05) is 29.8 Å². The predicted molar refractivity (Wildman–Crippen MR) is 81.1 cm³/mol. The number of aromatic nitrogens is 2. The number of hydrogen-bond donors (Lipinski definition) is 2. The summed E-state index contributed by atoms with van der Waals surface area (Å²) in [7, 11) is 0. The van der Waals surface area contributed by atoms with Crippen molar-refractivity contribution in [2.45, 2.75) is 27.2 Å². The molecular weight excluding hydrogens is 304 g/mol. The molecule has 0 atom stereocenters. The maximum atomic E-state index is 7.45. The van der Waals surface area contributed by atoms with E-state index in [0.717, 1.165) is 28.0 Å². The van der Waals surface area contributed by atoms with Crippen LogP contribution >= 0.6 is 15.9 Å². The van der Waals surface area contributed by atoms with E-state index in [2.05, 4.69) is 34.9 Å². The third kappa shape index (κ3) is 2.42. The van der Waals surface area contributed by atoms with Gasteiger partial charge in [0.15, 0.2) is 0 Å². The molecule has 0 aliphatic rings. The van der Waals surface area contributed by atoms with Gasteiger partial charge in [0.2, 0.25) is 0 Å². The Morgan fingerprint density at radius 1 is 1.42 bits per heavy atom. The largest absolute Gasteiger partial charge is 0.384 e. The van der Waals surface area contributed by atoms with Gasteiger partial charge in [-0.1, -0.05) is 6.92 Å². The number of nitrogens with one attached hydrogen (secondary N) is 1. The summed E-state index contributed by atoms with van der Waals surface area (Å²) >= 11 is 3.53. The molecule has 1 aromatic carbocycles. The minimum absolute atomic E-state index is 0.0647. The lowest BCUT2D eigenvalue weighted by Gasteiger charge is -2.09. The number of nitrogen functional groups attached to an aromatic ring is 1. The molecule has 100 valence electrons. The lowest BCUT2D eigenvalue weighted by atomic mass is 10.1. The first-order chi connectivity index (χ1) is 8.95. The van der Waals surface area contributed by atoms with Gasteiger partial charge in [0.25, 0.3) is 0 Å². The summed E-state index contributed by atoms with van der Waals surface area (Å²) in [5.41, 5.74) is 10.6. The first-order valence-electron chi connectivity index (χ1n) is 6.15. The van der Waals surface area contributed by atoms with Crippen LogP contribution in [-0.4, -0.2) is 15.6 Å². The lowest BCUT2D eigenvalue weighted by Crippen LogP contribution is -2.11. The lowest BCUT2D eigenvalue weighted by molar-refractivity contribution is 0.829. The second kappa shape index (κ2) is 5.17. The molecule has 0 radical (unpaired) electrons. The van der Waals surface area contributed by atoms with Gasteiger partial charge >= 0.3 is 0 Å². The zero-order valence-corrected chi connectivity index (χ0v) is 12.9. The van der Waals surface area contributed by atoms with Crippen molar-refractivity contribution < 1.29 is 0 Å². The minimum atomic E-state index is 0.0647. The highest BCUT2D eigenvalue weighted by Gasteiger charge is 2.13. The molecule has 4 nitrogen and oxygen atoms in total. The zero-order chi connectivity index (χ0) is 14.2. The van der Waals surface area contributed by atoms with Crippen LogP contribution in [0.1, 0.15) is 29.4 Å². The fourth-order valence-electron chi connectivity index (χ4n) is 2.27. The summed E-state index contributed by atoms with van der Waals surface area (Å²) in [6, 6.07) is 5.62. The third-order valence-corrected chi connectivity index (χ3v) is 3.92. The molecule has 19 heavy (non-hydrogen) atoms. The Bertz CT molecular complexity index is 643. The van der Waals surface area contributed by atoms with Gasteiger partial charge in [-0.2, -0.15) is 5.10 Å². The van der Waals surface area contributed by atoms with Crippen LogP contribution in [0.15, 0.2) is 22.7 Å². The Hall–Kier alpha value is -1.62. The highest BCUT2D eigenvalue weighted by Crippen LogP contribution is 2.25. The number of amidine groups is 1. The van der Waals surface area contributed by atoms with Crippen molar-refractivity contribution >= 4 is 21.8 Å². The summed E-state index contributed by atoms with van der Waals surface area (Å²) in [6.07, 6.45) is 0.973. The van der Waals surface area contributed by atoms with E-state index >= 15 is 0 Å². The second-order valence-corrected chi connectivity index (χ2v) is 5.35. The Balaban J connectivity index is 2.57. The topological polar surface area (TPSA) is 67.7 Å². The van der Waals surface area contributed by atoms with E-state index in [0.29, 0.717) is 5.56 Å². The molecule has 0 unspecified atom stereocenters. The van der Waals surface area contributed by atoms with E-state index in [4.69, 9.17) is 11.1 Å². The van der Waals surface area contributed by atoms with E-state index in [-0.39, 0.29) is 5.84 Å². The van der Waals surface area contributed by atoms with Gasteiger partial charge < -0.3 is 5.73 Å². The molecule has 0 aliphatic carbocycles. The summed E-state index contributed by atoms with van der Waals surface area (Å²) in [4.78, 5) is 0. The van der Waals surface area contributed by atoms with Crippen molar-refractivity contribution in [3.05, 3.63) is 45.2 Å². The number of nitrogens with two attached hydrogens (primary N) is 1. The Labute approximate surface area is 121 Å². The van der Waals surface area contributed by atoms with Crippen LogP contribution < -0.4 is 5.73 Å². The zero-order valence-electron chi connectivity index (χ0n) is 11.3. The molecule has 0 fully saturated rings.